The zero-order valence-electron chi connectivity index (χ0n) is 17.4. The first-order chi connectivity index (χ1) is 13.7. The van der Waals surface area contributed by atoms with E-state index in [0.717, 1.165) is 28.7 Å². The van der Waals surface area contributed by atoms with Crippen LogP contribution in [-0.2, 0) is 22.6 Å². The van der Waals surface area contributed by atoms with Gasteiger partial charge in [0.25, 0.3) is 0 Å². The van der Waals surface area contributed by atoms with Crippen molar-refractivity contribution in [2.45, 2.75) is 53.1 Å². The second-order valence-electron chi connectivity index (χ2n) is 7.33. The Morgan fingerprint density at radius 2 is 1.79 bits per heavy atom. The largest absolute Gasteiger partial charge is 0.354 e. The molecule has 0 bridgehead atoms. The molecular weight excluding hydrogens is 407 g/mol. The number of rotatable bonds is 8. The van der Waals surface area contributed by atoms with E-state index in [-0.39, 0.29) is 24.8 Å². The lowest BCUT2D eigenvalue weighted by Gasteiger charge is -2.29. The summed E-state index contributed by atoms with van der Waals surface area (Å²) in [4.78, 5) is 27.4. The maximum atomic E-state index is 13.3. The van der Waals surface area contributed by atoms with E-state index in [0.29, 0.717) is 16.6 Å². The third-order valence-electron chi connectivity index (χ3n) is 4.92. The van der Waals surface area contributed by atoms with Crippen LogP contribution in [0.1, 0.15) is 42.5 Å². The molecule has 2 aromatic carbocycles. The number of benzene rings is 2. The molecule has 0 aliphatic rings. The number of nitrogens with one attached hydrogen (secondary N) is 1. The quantitative estimate of drug-likeness (QED) is 0.628. The van der Waals surface area contributed by atoms with Crippen LogP contribution in [-0.4, -0.2) is 29.3 Å². The van der Waals surface area contributed by atoms with Gasteiger partial charge in [-0.1, -0.05) is 60.0 Å². The van der Waals surface area contributed by atoms with Gasteiger partial charge in [-0.25, -0.2) is 0 Å². The van der Waals surface area contributed by atoms with Gasteiger partial charge in [0, 0.05) is 23.1 Å². The van der Waals surface area contributed by atoms with E-state index in [1.54, 1.807) is 30.0 Å². The van der Waals surface area contributed by atoms with Crippen molar-refractivity contribution in [3.63, 3.8) is 0 Å². The summed E-state index contributed by atoms with van der Waals surface area (Å²) in [6, 6.07) is 10.6. The van der Waals surface area contributed by atoms with E-state index >= 15 is 0 Å². The van der Waals surface area contributed by atoms with Crippen molar-refractivity contribution in [1.82, 2.24) is 10.2 Å². The minimum Gasteiger partial charge on any atom is -0.354 e. The van der Waals surface area contributed by atoms with Crippen molar-refractivity contribution in [2.75, 3.05) is 6.54 Å². The lowest BCUT2D eigenvalue weighted by Crippen LogP contribution is -2.48. The molecule has 156 valence electrons. The van der Waals surface area contributed by atoms with Crippen LogP contribution < -0.4 is 5.32 Å². The van der Waals surface area contributed by atoms with Gasteiger partial charge in [0.2, 0.25) is 11.8 Å². The maximum absolute atomic E-state index is 13.3. The molecule has 2 aromatic rings. The summed E-state index contributed by atoms with van der Waals surface area (Å²) in [7, 11) is 0. The van der Waals surface area contributed by atoms with Crippen LogP contribution in [0, 0.1) is 13.8 Å². The lowest BCUT2D eigenvalue weighted by atomic mass is 10.0. The number of hydrogen-bond donors (Lipinski definition) is 1. The fourth-order valence-electron chi connectivity index (χ4n) is 3.07. The van der Waals surface area contributed by atoms with Gasteiger partial charge in [0.1, 0.15) is 6.04 Å². The van der Waals surface area contributed by atoms with E-state index in [4.69, 9.17) is 23.2 Å². The number of halogens is 2. The summed E-state index contributed by atoms with van der Waals surface area (Å²) in [6.45, 7) is 8.53. The van der Waals surface area contributed by atoms with Crippen LogP contribution in [0.5, 0.6) is 0 Å². The fraction of sp³-hybridized carbons (Fsp3) is 0.391. The van der Waals surface area contributed by atoms with E-state index in [1.165, 1.54) is 0 Å². The molecule has 6 heteroatoms. The Hall–Kier alpha value is -2.04. The highest BCUT2D eigenvalue weighted by atomic mass is 35.5. The standard InChI is InChI=1S/C23H28Cl2N2O2/c1-5-10-26-23(29)17(4)27(14-18-8-9-20(24)13-21(18)25)22(28)12-19-11-15(2)6-7-16(19)3/h6-9,11,13,17H,5,10,12,14H2,1-4H3,(H,26,29)/t17-/m0/s1. The smallest absolute Gasteiger partial charge is 0.242 e. The Morgan fingerprint density at radius 3 is 2.45 bits per heavy atom. The first-order valence-electron chi connectivity index (χ1n) is 9.80. The van der Waals surface area contributed by atoms with Gasteiger partial charge in [-0.15, -0.1) is 0 Å². The normalized spacial score (nSPS) is 11.8. The van der Waals surface area contributed by atoms with Gasteiger partial charge >= 0.3 is 0 Å². The Bertz CT molecular complexity index is 883. The molecule has 0 saturated heterocycles. The molecule has 4 nitrogen and oxygen atoms in total. The van der Waals surface area contributed by atoms with Crippen molar-refractivity contribution in [2.24, 2.45) is 0 Å². The highest BCUT2D eigenvalue weighted by Crippen LogP contribution is 2.24. The van der Waals surface area contributed by atoms with E-state index < -0.39 is 6.04 Å². The van der Waals surface area contributed by atoms with Crippen LogP contribution in [0.15, 0.2) is 36.4 Å². The van der Waals surface area contributed by atoms with E-state index in [1.807, 2.05) is 39.0 Å². The molecule has 2 rings (SSSR count). The van der Waals surface area contributed by atoms with Crippen LogP contribution in [0.4, 0.5) is 0 Å². The molecule has 0 radical (unpaired) electrons. The minimum absolute atomic E-state index is 0.121. The van der Waals surface area contributed by atoms with Crippen molar-refractivity contribution in [3.8, 4) is 0 Å². The molecule has 1 atom stereocenters. The highest BCUT2D eigenvalue weighted by molar-refractivity contribution is 6.35. The van der Waals surface area contributed by atoms with Crippen molar-refractivity contribution >= 4 is 35.0 Å². The monoisotopic (exact) mass is 434 g/mol. The zero-order chi connectivity index (χ0) is 21.6. The summed E-state index contributed by atoms with van der Waals surface area (Å²) in [6.07, 6.45) is 1.06. The Balaban J connectivity index is 2.30. The highest BCUT2D eigenvalue weighted by Gasteiger charge is 2.27. The third-order valence-corrected chi connectivity index (χ3v) is 5.51. The average Bonchev–Trinajstić information content (AvgIpc) is 2.67. The molecule has 2 amide bonds. The summed E-state index contributed by atoms with van der Waals surface area (Å²) in [5.41, 5.74) is 3.86. The lowest BCUT2D eigenvalue weighted by molar-refractivity contribution is -0.140. The topological polar surface area (TPSA) is 49.4 Å². The summed E-state index contributed by atoms with van der Waals surface area (Å²) >= 11 is 12.3. The molecule has 0 aliphatic carbocycles. The van der Waals surface area contributed by atoms with Crippen LogP contribution in [0.25, 0.3) is 0 Å². The van der Waals surface area contributed by atoms with Crippen molar-refractivity contribution in [3.05, 3.63) is 68.7 Å². The van der Waals surface area contributed by atoms with Crippen molar-refractivity contribution in [1.29, 1.82) is 0 Å². The van der Waals surface area contributed by atoms with Gasteiger partial charge < -0.3 is 10.2 Å². The fourth-order valence-corrected chi connectivity index (χ4v) is 3.54. The molecule has 0 spiro atoms. The van der Waals surface area contributed by atoms with Gasteiger partial charge in [-0.2, -0.15) is 0 Å². The molecule has 0 saturated carbocycles. The molecule has 0 unspecified atom stereocenters. The predicted octanol–water partition coefficient (Wildman–Crippen LogP) is 5.10. The van der Waals surface area contributed by atoms with Gasteiger partial charge in [0.15, 0.2) is 0 Å². The summed E-state index contributed by atoms with van der Waals surface area (Å²) in [5, 5.41) is 3.88. The number of carbonyl (C=O) groups is 2. The van der Waals surface area contributed by atoms with Crippen LogP contribution in [0.3, 0.4) is 0 Å². The van der Waals surface area contributed by atoms with E-state index in [9.17, 15) is 9.59 Å². The summed E-state index contributed by atoms with van der Waals surface area (Å²) in [5.74, 6) is -0.296. The summed E-state index contributed by atoms with van der Waals surface area (Å²) < 4.78 is 0. The number of nitrogens with zero attached hydrogens (tertiary/aromatic N) is 1. The Morgan fingerprint density at radius 1 is 1.07 bits per heavy atom. The number of hydrogen-bond acceptors (Lipinski definition) is 2. The molecule has 0 aromatic heterocycles. The number of carbonyl (C=O) groups excluding carboxylic acids is 2. The van der Waals surface area contributed by atoms with Crippen LogP contribution in [0.2, 0.25) is 10.0 Å². The van der Waals surface area contributed by atoms with Crippen LogP contribution >= 0.6 is 23.2 Å². The first kappa shape index (κ1) is 23.2. The van der Waals surface area contributed by atoms with Gasteiger partial charge in [-0.3, -0.25) is 9.59 Å². The van der Waals surface area contributed by atoms with E-state index in [2.05, 4.69) is 5.32 Å². The molecule has 29 heavy (non-hydrogen) atoms. The maximum Gasteiger partial charge on any atom is 0.242 e. The second kappa shape index (κ2) is 10.7. The predicted molar refractivity (Wildman–Crippen MR) is 119 cm³/mol. The number of aryl methyl sites for hydroxylation is 2. The molecular formula is C23H28Cl2N2O2. The molecule has 0 aliphatic heterocycles. The molecule has 1 N–H and O–H groups in total. The molecule has 0 fully saturated rings. The van der Waals surface area contributed by atoms with Gasteiger partial charge in [0.05, 0.1) is 6.42 Å². The minimum atomic E-state index is -0.620. The SMILES string of the molecule is CCCNC(=O)[C@H](C)N(Cc1ccc(Cl)cc1Cl)C(=O)Cc1cc(C)ccc1C. The Labute approximate surface area is 183 Å². The molecule has 0 heterocycles. The Kier molecular flexibility index (Phi) is 8.54. The van der Waals surface area contributed by atoms with Gasteiger partial charge in [-0.05, 0) is 56.0 Å². The second-order valence-corrected chi connectivity index (χ2v) is 8.17. The van der Waals surface area contributed by atoms with Crippen molar-refractivity contribution < 1.29 is 9.59 Å². The zero-order valence-corrected chi connectivity index (χ0v) is 18.9. The number of amides is 2. The first-order valence-corrected chi connectivity index (χ1v) is 10.6. The average molecular weight is 435 g/mol. The third kappa shape index (κ3) is 6.48.